The van der Waals surface area contributed by atoms with Gasteiger partial charge in [-0.1, -0.05) is 81.5 Å². The summed E-state index contributed by atoms with van der Waals surface area (Å²) in [6.07, 6.45) is 12.4. The summed E-state index contributed by atoms with van der Waals surface area (Å²) in [4.78, 5) is 14.9. The lowest BCUT2D eigenvalue weighted by Gasteiger charge is -2.16. The molecule has 5 heteroatoms. The first-order valence-electron chi connectivity index (χ1n) is 14.4. The van der Waals surface area contributed by atoms with Crippen LogP contribution in [0, 0.1) is 0 Å². The number of nitrogens with zero attached hydrogens (tertiary/aromatic N) is 2. The Morgan fingerprint density at radius 3 is 1.98 bits per heavy atom. The van der Waals surface area contributed by atoms with Gasteiger partial charge in [0.1, 0.15) is 11.5 Å². The van der Waals surface area contributed by atoms with Crippen molar-refractivity contribution in [1.82, 2.24) is 0 Å². The molecule has 0 saturated carbocycles. The second-order valence-corrected chi connectivity index (χ2v) is 10.3. The van der Waals surface area contributed by atoms with Gasteiger partial charge in [-0.05, 0) is 53.9 Å². The number of anilines is 1. The highest BCUT2D eigenvalue weighted by molar-refractivity contribution is 5.91. The van der Waals surface area contributed by atoms with E-state index in [-0.39, 0.29) is 6.23 Å². The standard InChI is InChI=1S/C35H41N2O3/c1-4-5-6-7-8-12-15-34(37-26-24-31(25-27-37)36(2)3)39-32-22-18-30(19-23-32)35(38)40-33-20-16-29(17-21-33)28-13-10-9-11-14-28/h9-11,13-14,16-27,34H,4-8,12,15H2,1-3H3/q+1. The summed E-state index contributed by atoms with van der Waals surface area (Å²) in [5.74, 6) is 0.849. The minimum absolute atomic E-state index is 0.122. The van der Waals surface area contributed by atoms with Crippen molar-refractivity contribution in [3.8, 4) is 22.6 Å². The lowest BCUT2D eigenvalue weighted by atomic mass is 10.1. The first kappa shape index (κ1) is 28.9. The van der Waals surface area contributed by atoms with E-state index in [9.17, 15) is 4.79 Å². The van der Waals surface area contributed by atoms with Gasteiger partial charge in [0, 0.05) is 38.3 Å². The van der Waals surface area contributed by atoms with E-state index in [2.05, 4.69) is 53.0 Å². The second-order valence-electron chi connectivity index (χ2n) is 10.3. The molecule has 3 aromatic carbocycles. The zero-order valence-electron chi connectivity index (χ0n) is 24.0. The Hall–Kier alpha value is -4.12. The topological polar surface area (TPSA) is 42.7 Å². The summed E-state index contributed by atoms with van der Waals surface area (Å²) in [5, 5.41) is 0. The number of aromatic nitrogens is 1. The average Bonchev–Trinajstić information content (AvgIpc) is 2.99. The summed E-state index contributed by atoms with van der Waals surface area (Å²) in [6.45, 7) is 2.24. The SMILES string of the molecule is CCCCCCCCC(Oc1ccc(C(=O)Oc2ccc(-c3ccccc3)cc2)cc1)[n+]1ccc(N(C)C)cc1. The molecule has 0 fully saturated rings. The molecule has 0 saturated heterocycles. The van der Waals surface area contributed by atoms with Crippen molar-refractivity contribution in [2.45, 2.75) is 58.1 Å². The first-order valence-corrected chi connectivity index (χ1v) is 14.4. The lowest BCUT2D eigenvalue weighted by molar-refractivity contribution is -0.754. The van der Waals surface area contributed by atoms with E-state index >= 15 is 0 Å². The molecule has 208 valence electrons. The van der Waals surface area contributed by atoms with Crippen LogP contribution in [0.5, 0.6) is 11.5 Å². The molecule has 5 nitrogen and oxygen atoms in total. The van der Waals surface area contributed by atoms with Crippen LogP contribution in [0.25, 0.3) is 11.1 Å². The van der Waals surface area contributed by atoms with E-state index in [0.717, 1.165) is 35.4 Å². The van der Waals surface area contributed by atoms with Gasteiger partial charge in [-0.2, -0.15) is 4.57 Å². The van der Waals surface area contributed by atoms with Gasteiger partial charge in [0.05, 0.1) is 5.56 Å². The molecule has 0 N–H and O–H groups in total. The third kappa shape index (κ3) is 8.44. The van der Waals surface area contributed by atoms with Crippen LogP contribution >= 0.6 is 0 Å². The van der Waals surface area contributed by atoms with Crippen molar-refractivity contribution in [2.75, 3.05) is 19.0 Å². The Bertz CT molecular complexity index is 1300. The number of carbonyl (C=O) groups is 1. The number of ether oxygens (including phenoxy) is 2. The number of hydrogen-bond acceptors (Lipinski definition) is 4. The van der Waals surface area contributed by atoms with Gasteiger partial charge >= 0.3 is 12.2 Å². The van der Waals surface area contributed by atoms with Crippen LogP contribution in [0.15, 0.2) is 103 Å². The van der Waals surface area contributed by atoms with Gasteiger partial charge in [-0.3, -0.25) is 0 Å². The Labute approximate surface area is 239 Å². The number of hydrogen-bond donors (Lipinski definition) is 0. The molecule has 4 aromatic rings. The molecule has 1 atom stereocenters. The molecule has 40 heavy (non-hydrogen) atoms. The molecule has 1 heterocycles. The van der Waals surface area contributed by atoms with Gasteiger partial charge in [0.2, 0.25) is 0 Å². The van der Waals surface area contributed by atoms with Gasteiger partial charge in [-0.25, -0.2) is 4.79 Å². The third-order valence-corrected chi connectivity index (χ3v) is 7.02. The summed E-state index contributed by atoms with van der Waals surface area (Å²) in [6, 6.07) is 29.1. The van der Waals surface area contributed by atoms with Gasteiger partial charge in [0.25, 0.3) is 0 Å². The molecular weight excluding hydrogens is 496 g/mol. The number of esters is 1. The largest absolute Gasteiger partial charge is 0.434 e. The minimum Gasteiger partial charge on any atom is -0.434 e. The zero-order chi connectivity index (χ0) is 28.2. The van der Waals surface area contributed by atoms with Gasteiger partial charge < -0.3 is 14.4 Å². The monoisotopic (exact) mass is 537 g/mol. The fourth-order valence-electron chi connectivity index (χ4n) is 4.63. The number of carbonyl (C=O) groups excluding carboxylic acids is 1. The zero-order valence-corrected chi connectivity index (χ0v) is 24.0. The van der Waals surface area contributed by atoms with Crippen LogP contribution in [0.4, 0.5) is 5.69 Å². The van der Waals surface area contributed by atoms with E-state index in [1.54, 1.807) is 12.1 Å². The van der Waals surface area contributed by atoms with E-state index < -0.39 is 5.97 Å². The Kier molecular flexibility index (Phi) is 10.7. The van der Waals surface area contributed by atoms with Crippen LogP contribution < -0.4 is 18.9 Å². The Morgan fingerprint density at radius 1 is 0.725 bits per heavy atom. The van der Waals surface area contributed by atoms with Crippen LogP contribution in [0.3, 0.4) is 0 Å². The van der Waals surface area contributed by atoms with E-state index in [4.69, 9.17) is 9.47 Å². The molecule has 0 aliphatic rings. The number of rotatable bonds is 14. The highest BCUT2D eigenvalue weighted by atomic mass is 16.5. The first-order chi connectivity index (χ1) is 19.5. The van der Waals surface area contributed by atoms with Crippen molar-refractivity contribution < 1.29 is 18.8 Å². The van der Waals surface area contributed by atoms with Crippen LogP contribution in [0.2, 0.25) is 0 Å². The smallest absolute Gasteiger partial charge is 0.343 e. The molecule has 1 aromatic heterocycles. The predicted molar refractivity (Wildman–Crippen MR) is 162 cm³/mol. The highest BCUT2D eigenvalue weighted by Gasteiger charge is 2.21. The van der Waals surface area contributed by atoms with Crippen molar-refractivity contribution in [1.29, 1.82) is 0 Å². The summed E-state index contributed by atoms with van der Waals surface area (Å²) in [7, 11) is 4.08. The van der Waals surface area contributed by atoms with Crippen LogP contribution in [0.1, 0.15) is 68.5 Å². The van der Waals surface area contributed by atoms with Gasteiger partial charge in [0.15, 0.2) is 12.4 Å². The second kappa shape index (κ2) is 14.9. The van der Waals surface area contributed by atoms with E-state index in [1.807, 2.05) is 68.7 Å². The van der Waals surface area contributed by atoms with E-state index in [1.165, 1.54) is 32.1 Å². The Balaban J connectivity index is 1.37. The quantitative estimate of drug-likeness (QED) is 0.0703. The lowest BCUT2D eigenvalue weighted by Crippen LogP contribution is -2.42. The molecule has 4 rings (SSSR count). The molecule has 0 amide bonds. The number of pyridine rings is 1. The predicted octanol–water partition coefficient (Wildman–Crippen LogP) is 8.25. The number of unbranched alkanes of at least 4 members (excludes halogenated alkanes) is 5. The molecule has 0 radical (unpaired) electrons. The maximum atomic E-state index is 12.8. The van der Waals surface area contributed by atoms with Crippen molar-refractivity contribution in [3.05, 3.63) is 109 Å². The van der Waals surface area contributed by atoms with Crippen LogP contribution in [-0.2, 0) is 0 Å². The molecule has 0 bridgehead atoms. The molecular formula is C35H41N2O3+. The Morgan fingerprint density at radius 2 is 1.32 bits per heavy atom. The molecule has 0 aliphatic heterocycles. The maximum Gasteiger partial charge on any atom is 0.343 e. The molecule has 0 aliphatic carbocycles. The van der Waals surface area contributed by atoms with Crippen molar-refractivity contribution in [3.63, 3.8) is 0 Å². The third-order valence-electron chi connectivity index (χ3n) is 7.02. The average molecular weight is 538 g/mol. The van der Waals surface area contributed by atoms with Crippen molar-refractivity contribution in [2.24, 2.45) is 0 Å². The maximum absolute atomic E-state index is 12.8. The highest BCUT2D eigenvalue weighted by Crippen LogP contribution is 2.24. The molecule has 0 spiro atoms. The fourth-order valence-corrected chi connectivity index (χ4v) is 4.63. The van der Waals surface area contributed by atoms with E-state index in [0.29, 0.717) is 11.3 Å². The van der Waals surface area contributed by atoms with Gasteiger partial charge in [-0.15, -0.1) is 0 Å². The normalized spacial score (nSPS) is 11.6. The summed E-state index contributed by atoms with van der Waals surface area (Å²) in [5.41, 5.74) is 3.83. The summed E-state index contributed by atoms with van der Waals surface area (Å²) >= 11 is 0. The fraction of sp³-hybridized carbons (Fsp3) is 0.314. The van der Waals surface area contributed by atoms with Crippen LogP contribution in [-0.4, -0.2) is 20.1 Å². The summed E-state index contributed by atoms with van der Waals surface area (Å²) < 4.78 is 14.2. The number of benzene rings is 3. The minimum atomic E-state index is -0.392. The molecule has 1 unspecified atom stereocenters. The van der Waals surface area contributed by atoms with Crippen molar-refractivity contribution >= 4 is 11.7 Å².